The predicted octanol–water partition coefficient (Wildman–Crippen LogP) is 7.52. The van der Waals surface area contributed by atoms with Gasteiger partial charge in [-0.05, 0) is 41.0 Å². The van der Waals surface area contributed by atoms with E-state index in [0.29, 0.717) is 0 Å². The highest BCUT2D eigenvalue weighted by Crippen LogP contribution is 2.55. The van der Waals surface area contributed by atoms with E-state index in [1.54, 1.807) is 0 Å². The van der Waals surface area contributed by atoms with E-state index in [1.165, 1.54) is 22.4 Å². The van der Waals surface area contributed by atoms with Crippen molar-refractivity contribution in [2.24, 2.45) is 0 Å². The van der Waals surface area contributed by atoms with Gasteiger partial charge in [-0.25, -0.2) is 0 Å². The quantitative estimate of drug-likeness (QED) is 0.247. The molecule has 0 fully saturated rings. The molecule has 1 aromatic heterocycles. The third-order valence-electron chi connectivity index (χ3n) is 8.70. The van der Waals surface area contributed by atoms with Crippen LogP contribution in [0.15, 0.2) is 132 Å². The van der Waals surface area contributed by atoms with Gasteiger partial charge in [0.2, 0.25) is 0 Å². The summed E-state index contributed by atoms with van der Waals surface area (Å²) in [4.78, 5) is 2.38. The molecule has 2 N–H and O–H groups in total. The van der Waals surface area contributed by atoms with Crippen molar-refractivity contribution in [1.29, 1.82) is 0 Å². The molecule has 0 amide bonds. The van der Waals surface area contributed by atoms with Crippen molar-refractivity contribution in [3.8, 4) is 5.75 Å². The molecule has 0 saturated heterocycles. The smallest absolute Gasteiger partial charge is 0.186 e. The highest BCUT2D eigenvalue weighted by atomic mass is 16.5. The molecule has 41 heavy (non-hydrogen) atoms. The number of para-hydroxylation sites is 2. The molecule has 5 aromatic carbocycles. The minimum Gasteiger partial charge on any atom is -0.465 e. The van der Waals surface area contributed by atoms with Crippen LogP contribution in [0.3, 0.4) is 0 Å². The molecule has 5 nitrogen and oxygen atoms in total. The molecular weight excluding hydrogens is 506 g/mol. The van der Waals surface area contributed by atoms with E-state index in [2.05, 4.69) is 131 Å². The molecule has 3 aliphatic heterocycles. The van der Waals surface area contributed by atoms with E-state index in [9.17, 15) is 0 Å². The number of nitrogens with zero attached hydrogens (tertiary/aromatic N) is 1. The van der Waals surface area contributed by atoms with Crippen LogP contribution in [0.2, 0.25) is 0 Å². The van der Waals surface area contributed by atoms with E-state index in [1.807, 2.05) is 12.1 Å². The van der Waals surface area contributed by atoms with E-state index in [4.69, 9.17) is 9.15 Å². The largest absolute Gasteiger partial charge is 0.465 e. The first-order valence-electron chi connectivity index (χ1n) is 14.2. The normalized spacial score (nSPS) is 22.5. The molecule has 0 spiro atoms. The minimum atomic E-state index is -0.224. The van der Waals surface area contributed by atoms with Gasteiger partial charge in [0.25, 0.3) is 0 Å². The zero-order chi connectivity index (χ0) is 26.9. The lowest BCUT2D eigenvalue weighted by Crippen LogP contribution is -2.60. The van der Waals surface area contributed by atoms with Crippen molar-refractivity contribution in [3.05, 3.63) is 150 Å². The third kappa shape index (κ3) is 3.39. The van der Waals surface area contributed by atoms with Crippen LogP contribution in [0, 0.1) is 0 Å². The van der Waals surface area contributed by atoms with Crippen LogP contribution < -0.4 is 20.3 Å². The van der Waals surface area contributed by atoms with Crippen LogP contribution in [0.1, 0.15) is 34.2 Å². The third-order valence-corrected chi connectivity index (χ3v) is 8.70. The van der Waals surface area contributed by atoms with Gasteiger partial charge in [0.05, 0.1) is 12.0 Å². The van der Waals surface area contributed by atoms with Crippen LogP contribution in [-0.2, 0) is 0 Å². The van der Waals surface area contributed by atoms with Gasteiger partial charge in [0.1, 0.15) is 5.58 Å². The van der Waals surface area contributed by atoms with Crippen molar-refractivity contribution >= 4 is 33.3 Å². The lowest BCUT2D eigenvalue weighted by atomic mass is 9.92. The van der Waals surface area contributed by atoms with E-state index < -0.39 is 0 Å². The van der Waals surface area contributed by atoms with Gasteiger partial charge in [0, 0.05) is 27.7 Å². The maximum Gasteiger partial charge on any atom is 0.186 e. The highest BCUT2D eigenvalue weighted by molar-refractivity contribution is 6.07. The van der Waals surface area contributed by atoms with Crippen LogP contribution in [-0.4, -0.2) is 12.5 Å². The monoisotopic (exact) mass is 533 g/mol. The van der Waals surface area contributed by atoms with Gasteiger partial charge in [-0.1, -0.05) is 103 Å². The zero-order valence-corrected chi connectivity index (χ0v) is 22.2. The lowest BCUT2D eigenvalue weighted by Gasteiger charge is -2.41. The Labute approximate surface area is 237 Å². The number of rotatable bonds is 3. The molecule has 4 heterocycles. The summed E-state index contributed by atoms with van der Waals surface area (Å²) < 4.78 is 13.3. The molecule has 6 aromatic rings. The Morgan fingerprint density at radius 1 is 0.659 bits per heavy atom. The second-order valence-corrected chi connectivity index (χ2v) is 11.0. The second kappa shape index (κ2) is 8.75. The molecule has 3 aliphatic rings. The SMILES string of the molecule is C1=C(c2ccccc2)NC(N2c3ccccc3C3c4ccc5c(oc6ccccc65)c4OC32)NC1c1ccccc1. The van der Waals surface area contributed by atoms with Crippen LogP contribution in [0.25, 0.3) is 27.6 Å². The number of hydrogen-bond donors (Lipinski definition) is 2. The van der Waals surface area contributed by atoms with Gasteiger partial charge in [0.15, 0.2) is 23.9 Å². The number of anilines is 1. The van der Waals surface area contributed by atoms with Gasteiger partial charge < -0.3 is 19.4 Å². The first kappa shape index (κ1) is 22.8. The minimum absolute atomic E-state index is 0.0229. The average molecular weight is 534 g/mol. The van der Waals surface area contributed by atoms with Crippen LogP contribution >= 0.6 is 0 Å². The summed E-state index contributed by atoms with van der Waals surface area (Å²) in [6.45, 7) is 0. The van der Waals surface area contributed by atoms with Crippen molar-refractivity contribution < 1.29 is 9.15 Å². The van der Waals surface area contributed by atoms with E-state index in [-0.39, 0.29) is 24.5 Å². The topological polar surface area (TPSA) is 49.7 Å². The van der Waals surface area contributed by atoms with Crippen molar-refractivity contribution in [2.45, 2.75) is 24.5 Å². The molecule has 4 unspecified atom stereocenters. The highest BCUT2D eigenvalue weighted by Gasteiger charge is 2.50. The molecular formula is C36H27N3O2. The molecule has 9 rings (SSSR count). The Morgan fingerprint density at radius 2 is 1.41 bits per heavy atom. The standard InChI is InChI=1S/C36H27N3O2/c1-3-11-22(12-4-1)28-21-29(23-13-5-2-6-14-23)38-36(37-28)39-30-17-9-7-16-26(30)32-27-20-19-25-24-15-8-10-18-31(24)40-33(25)34(27)41-35(32)39/h1-21,28,32,35-38H. The summed E-state index contributed by atoms with van der Waals surface area (Å²) in [5.41, 5.74) is 8.79. The summed E-state index contributed by atoms with van der Waals surface area (Å²) >= 11 is 0. The first-order chi connectivity index (χ1) is 20.3. The van der Waals surface area contributed by atoms with Crippen LogP contribution in [0.5, 0.6) is 5.75 Å². The molecule has 4 atom stereocenters. The summed E-state index contributed by atoms with van der Waals surface area (Å²) in [5.74, 6) is 0.922. The number of hydrogen-bond acceptors (Lipinski definition) is 5. The summed E-state index contributed by atoms with van der Waals surface area (Å²) in [6.07, 6.45) is 1.85. The summed E-state index contributed by atoms with van der Waals surface area (Å²) in [6, 6.07) is 42.5. The fraction of sp³-hybridized carbons (Fsp3) is 0.111. The predicted molar refractivity (Wildman–Crippen MR) is 163 cm³/mol. The van der Waals surface area contributed by atoms with Crippen molar-refractivity contribution in [3.63, 3.8) is 0 Å². The van der Waals surface area contributed by atoms with Gasteiger partial charge >= 0.3 is 0 Å². The molecule has 0 radical (unpaired) electrons. The van der Waals surface area contributed by atoms with E-state index in [0.717, 1.165) is 38.9 Å². The molecule has 0 saturated carbocycles. The Balaban J connectivity index is 1.17. The molecule has 198 valence electrons. The maximum absolute atomic E-state index is 6.94. The number of furan rings is 1. The zero-order valence-electron chi connectivity index (χ0n) is 22.2. The fourth-order valence-electron chi connectivity index (χ4n) is 6.86. The fourth-order valence-corrected chi connectivity index (χ4v) is 6.86. The lowest BCUT2D eigenvalue weighted by molar-refractivity contribution is 0.193. The number of nitrogens with one attached hydrogen (secondary N) is 2. The second-order valence-electron chi connectivity index (χ2n) is 11.0. The Kier molecular flexibility index (Phi) is 4.86. The molecule has 0 aliphatic carbocycles. The Bertz CT molecular complexity index is 1960. The van der Waals surface area contributed by atoms with E-state index >= 15 is 0 Å². The first-order valence-corrected chi connectivity index (χ1v) is 14.2. The van der Waals surface area contributed by atoms with Gasteiger partial charge in [-0.15, -0.1) is 0 Å². The number of ether oxygens (including phenoxy) is 1. The molecule has 0 bridgehead atoms. The maximum atomic E-state index is 6.94. The van der Waals surface area contributed by atoms with Crippen LogP contribution in [0.4, 0.5) is 5.69 Å². The number of benzene rings is 5. The Morgan fingerprint density at radius 3 is 2.29 bits per heavy atom. The molecule has 5 heteroatoms. The van der Waals surface area contributed by atoms with Crippen molar-refractivity contribution in [1.82, 2.24) is 10.6 Å². The summed E-state index contributed by atoms with van der Waals surface area (Å²) in [7, 11) is 0. The average Bonchev–Trinajstić information content (AvgIpc) is 3.70. The van der Waals surface area contributed by atoms with Crippen molar-refractivity contribution in [2.75, 3.05) is 4.90 Å². The number of fused-ring (bicyclic) bond motifs is 9. The summed E-state index contributed by atoms with van der Waals surface area (Å²) in [5, 5.41) is 9.91. The van der Waals surface area contributed by atoms with Gasteiger partial charge in [-0.2, -0.15) is 0 Å². The van der Waals surface area contributed by atoms with Gasteiger partial charge in [-0.3, -0.25) is 5.32 Å². The Hall–Kier alpha value is -5.00.